The highest BCUT2D eigenvalue weighted by Crippen LogP contribution is 2.66. The molecule has 3 saturated heterocycles. The van der Waals surface area contributed by atoms with Crippen molar-refractivity contribution in [3.05, 3.63) is 49.6 Å². The van der Waals surface area contributed by atoms with Crippen molar-refractivity contribution in [2.45, 2.75) is 49.1 Å². The Bertz CT molecular complexity index is 1090. The number of amides is 3. The van der Waals surface area contributed by atoms with Crippen LogP contribution in [0.15, 0.2) is 49.6 Å². The van der Waals surface area contributed by atoms with Crippen LogP contribution in [-0.4, -0.2) is 95.0 Å². The summed E-state index contributed by atoms with van der Waals surface area (Å²) in [5.41, 5.74) is 1.84. The van der Waals surface area contributed by atoms with Gasteiger partial charge in [-0.05, 0) is 57.4 Å². The number of fused-ring (bicyclic) bond motifs is 1. The minimum Gasteiger partial charge on any atom is -0.396 e. The molecule has 5 atom stereocenters. The molecule has 3 heterocycles. The molecule has 3 fully saturated rings. The first-order valence-electron chi connectivity index (χ1n) is 14.0. The maximum Gasteiger partial charge on any atom is 0.251 e. The number of carbonyl (C=O) groups is 3. The van der Waals surface area contributed by atoms with Crippen LogP contribution in [0.5, 0.6) is 0 Å². The highest BCUT2D eigenvalue weighted by molar-refractivity contribution is 8.02. The van der Waals surface area contributed by atoms with Crippen LogP contribution in [0.2, 0.25) is 0 Å². The second-order valence-electron chi connectivity index (χ2n) is 10.6. The van der Waals surface area contributed by atoms with E-state index in [1.807, 2.05) is 24.3 Å². The number of hydrogen-bond donors (Lipinski definition) is 1. The number of aliphatic hydroxyl groups is 1. The number of rotatable bonds is 13. The topological polar surface area (TPSA) is 84.4 Å². The van der Waals surface area contributed by atoms with Crippen molar-refractivity contribution in [3.8, 4) is 0 Å². The van der Waals surface area contributed by atoms with E-state index in [4.69, 9.17) is 0 Å². The second kappa shape index (κ2) is 12.2. The molecule has 8 nitrogen and oxygen atoms in total. The molecular weight excluding hydrogens is 512 g/mol. The van der Waals surface area contributed by atoms with Crippen LogP contribution in [0.4, 0.5) is 11.4 Å². The van der Waals surface area contributed by atoms with Gasteiger partial charge in [0.25, 0.3) is 5.91 Å². The van der Waals surface area contributed by atoms with Crippen molar-refractivity contribution >= 4 is 40.9 Å². The summed E-state index contributed by atoms with van der Waals surface area (Å²) in [6.45, 7) is 14.6. The summed E-state index contributed by atoms with van der Waals surface area (Å²) >= 11 is 1.66. The Morgan fingerprint density at radius 1 is 1.10 bits per heavy atom. The van der Waals surface area contributed by atoms with Gasteiger partial charge >= 0.3 is 0 Å². The van der Waals surface area contributed by atoms with E-state index in [9.17, 15) is 19.5 Å². The second-order valence-corrected chi connectivity index (χ2v) is 12.2. The standard InChI is InChI=1S/C30H42N4O4S/c1-6-17-31(5)27(36)24-23-15-16-30(39-23)25(24)28(37)34(19-10-20-35)26(30)29(38)33(18-7-2)22-13-11-21(12-14-22)32(8-3)9-4/h6-7,11-14,23-26,35H,1-2,8-10,15-20H2,3-5H3/t23-,24+,25-,26?,30?/m0/s1. The van der Waals surface area contributed by atoms with Crippen molar-refractivity contribution in [2.24, 2.45) is 11.8 Å². The van der Waals surface area contributed by atoms with E-state index in [0.717, 1.165) is 30.9 Å². The summed E-state index contributed by atoms with van der Waals surface area (Å²) in [6, 6.07) is 7.25. The molecule has 212 valence electrons. The molecule has 3 aliphatic heterocycles. The summed E-state index contributed by atoms with van der Waals surface area (Å²) in [5, 5.41) is 9.61. The number of carbonyl (C=O) groups excluding carboxylic acids is 3. The van der Waals surface area contributed by atoms with Gasteiger partial charge in [0.15, 0.2) is 0 Å². The first-order chi connectivity index (χ1) is 18.8. The van der Waals surface area contributed by atoms with Crippen LogP contribution in [0.1, 0.15) is 33.1 Å². The van der Waals surface area contributed by atoms with E-state index in [-0.39, 0.29) is 36.1 Å². The van der Waals surface area contributed by atoms with E-state index in [1.165, 1.54) is 0 Å². The van der Waals surface area contributed by atoms with E-state index >= 15 is 0 Å². The normalized spacial score (nSPS) is 26.9. The third-order valence-corrected chi connectivity index (χ3v) is 10.5. The SMILES string of the molecule is C=CCN(C)C(=O)[C@@H]1[C@@H]2CCC3(S2)C(C(=O)N(CC=C)c2ccc(N(CC)CC)cc2)N(CCCO)C(=O)[C@H]13. The number of nitrogens with zero attached hydrogens (tertiary/aromatic N) is 4. The Hall–Kier alpha value is -2.78. The highest BCUT2D eigenvalue weighted by Gasteiger charge is 2.73. The first kappa shape index (κ1) is 29.2. The molecule has 9 heteroatoms. The fourth-order valence-corrected chi connectivity index (χ4v) is 8.97. The van der Waals surface area contributed by atoms with Crippen molar-refractivity contribution in [1.82, 2.24) is 9.80 Å². The maximum atomic E-state index is 14.5. The molecule has 1 spiro atoms. The molecule has 2 bridgehead atoms. The number of anilines is 2. The van der Waals surface area contributed by atoms with Crippen LogP contribution in [0.25, 0.3) is 0 Å². The number of benzene rings is 1. The van der Waals surface area contributed by atoms with Crippen LogP contribution in [0.3, 0.4) is 0 Å². The number of aliphatic hydroxyl groups excluding tert-OH is 1. The van der Waals surface area contributed by atoms with Crippen LogP contribution in [-0.2, 0) is 14.4 Å². The van der Waals surface area contributed by atoms with Gasteiger partial charge in [-0.2, -0.15) is 0 Å². The summed E-state index contributed by atoms with van der Waals surface area (Å²) < 4.78 is -0.662. The van der Waals surface area contributed by atoms with Gasteiger partial charge in [0, 0.05) is 63.0 Å². The van der Waals surface area contributed by atoms with E-state index < -0.39 is 22.6 Å². The van der Waals surface area contributed by atoms with Crippen LogP contribution in [0, 0.1) is 11.8 Å². The molecule has 0 aliphatic carbocycles. The van der Waals surface area contributed by atoms with Crippen molar-refractivity contribution in [1.29, 1.82) is 0 Å². The lowest BCUT2D eigenvalue weighted by atomic mass is 9.70. The van der Waals surface area contributed by atoms with Crippen molar-refractivity contribution in [2.75, 3.05) is 56.2 Å². The van der Waals surface area contributed by atoms with Gasteiger partial charge in [0.1, 0.15) is 6.04 Å². The fraction of sp³-hybridized carbons (Fsp3) is 0.567. The van der Waals surface area contributed by atoms with Crippen LogP contribution >= 0.6 is 11.8 Å². The largest absolute Gasteiger partial charge is 0.396 e. The van der Waals surface area contributed by atoms with Gasteiger partial charge in [0.05, 0.1) is 16.6 Å². The summed E-state index contributed by atoms with van der Waals surface area (Å²) in [7, 11) is 1.74. The third kappa shape index (κ3) is 4.99. The van der Waals surface area contributed by atoms with Gasteiger partial charge in [-0.1, -0.05) is 12.2 Å². The predicted molar refractivity (Wildman–Crippen MR) is 158 cm³/mol. The lowest BCUT2D eigenvalue weighted by Crippen LogP contribution is -2.55. The zero-order chi connectivity index (χ0) is 28.3. The van der Waals surface area contributed by atoms with Gasteiger partial charge in [-0.15, -0.1) is 24.9 Å². The number of likely N-dealkylation sites (tertiary alicyclic amines) is 1. The van der Waals surface area contributed by atoms with E-state index in [1.54, 1.807) is 45.7 Å². The van der Waals surface area contributed by atoms with E-state index in [2.05, 4.69) is 31.9 Å². The Morgan fingerprint density at radius 3 is 2.33 bits per heavy atom. The average Bonchev–Trinajstić information content (AvgIpc) is 3.58. The molecule has 3 amide bonds. The summed E-state index contributed by atoms with van der Waals surface area (Å²) in [4.78, 5) is 49.3. The number of thioether (sulfide) groups is 1. The molecule has 0 radical (unpaired) electrons. The average molecular weight is 555 g/mol. The molecule has 2 unspecified atom stereocenters. The van der Waals surface area contributed by atoms with Gasteiger partial charge in [-0.3, -0.25) is 14.4 Å². The lowest BCUT2D eigenvalue weighted by Gasteiger charge is -2.37. The molecule has 0 saturated carbocycles. The fourth-order valence-electron chi connectivity index (χ4n) is 6.77. The lowest BCUT2D eigenvalue weighted by molar-refractivity contribution is -0.143. The minimum absolute atomic E-state index is 0.00946. The Kier molecular flexibility index (Phi) is 9.11. The molecule has 3 aliphatic rings. The smallest absolute Gasteiger partial charge is 0.251 e. The summed E-state index contributed by atoms with van der Waals surface area (Å²) in [6.07, 6.45) is 5.27. The molecule has 1 aromatic rings. The Morgan fingerprint density at radius 2 is 1.74 bits per heavy atom. The molecule has 39 heavy (non-hydrogen) atoms. The predicted octanol–water partition coefficient (Wildman–Crippen LogP) is 3.17. The monoisotopic (exact) mass is 554 g/mol. The Balaban J connectivity index is 1.72. The minimum atomic E-state index is -0.707. The van der Waals surface area contributed by atoms with Gasteiger partial charge < -0.3 is 24.7 Å². The zero-order valence-corrected chi connectivity index (χ0v) is 24.2. The number of likely N-dealkylation sites (N-methyl/N-ethyl adjacent to an activating group) is 1. The molecule has 1 aromatic carbocycles. The Labute approximate surface area is 236 Å². The first-order valence-corrected chi connectivity index (χ1v) is 14.9. The highest BCUT2D eigenvalue weighted by atomic mass is 32.2. The third-order valence-electron chi connectivity index (χ3n) is 8.52. The number of hydrogen-bond acceptors (Lipinski definition) is 6. The molecule has 4 rings (SSSR count). The van der Waals surface area contributed by atoms with Crippen LogP contribution < -0.4 is 9.80 Å². The summed E-state index contributed by atoms with van der Waals surface area (Å²) in [5.74, 6) is -1.36. The van der Waals surface area contributed by atoms with Crippen molar-refractivity contribution in [3.63, 3.8) is 0 Å². The molecule has 1 N–H and O–H groups in total. The van der Waals surface area contributed by atoms with Gasteiger partial charge in [-0.25, -0.2) is 0 Å². The van der Waals surface area contributed by atoms with Gasteiger partial charge in [0.2, 0.25) is 11.8 Å². The zero-order valence-electron chi connectivity index (χ0n) is 23.4. The maximum absolute atomic E-state index is 14.5. The van der Waals surface area contributed by atoms with Crippen molar-refractivity contribution < 1.29 is 19.5 Å². The van der Waals surface area contributed by atoms with E-state index in [0.29, 0.717) is 25.9 Å². The quantitative estimate of drug-likeness (QED) is 0.377. The molecule has 0 aromatic heterocycles. The molecular formula is C30H42N4O4S.